The molecule has 0 radical (unpaired) electrons. The van der Waals surface area contributed by atoms with Gasteiger partial charge in [-0.1, -0.05) is 30.3 Å². The van der Waals surface area contributed by atoms with Crippen LogP contribution in [0.2, 0.25) is 0 Å². The monoisotopic (exact) mass is 244 g/mol. The average Bonchev–Trinajstić information content (AvgIpc) is 2.97. The summed E-state index contributed by atoms with van der Waals surface area (Å²) in [5, 5.41) is 0. The van der Waals surface area contributed by atoms with Crippen molar-refractivity contribution >= 4 is 17.5 Å². The lowest BCUT2D eigenvalue weighted by molar-refractivity contribution is -0.150. The Morgan fingerprint density at radius 3 is 2.33 bits per heavy atom. The summed E-state index contributed by atoms with van der Waals surface area (Å²) in [6.45, 7) is 0.0301. The number of esters is 2. The molecule has 0 saturated carbocycles. The Labute approximate surface area is 102 Å². The minimum atomic E-state index is -0.712. The molecule has 2 aliphatic rings. The molecule has 2 heterocycles. The van der Waals surface area contributed by atoms with Crippen molar-refractivity contribution in [1.29, 1.82) is 0 Å². The Bertz CT molecular complexity index is 583. The first-order chi connectivity index (χ1) is 8.77. The summed E-state index contributed by atoms with van der Waals surface area (Å²) in [7, 11) is 0. The summed E-state index contributed by atoms with van der Waals surface area (Å²) >= 11 is 0. The van der Waals surface area contributed by atoms with E-state index in [4.69, 9.17) is 9.47 Å². The van der Waals surface area contributed by atoms with E-state index in [1.165, 1.54) is 6.26 Å². The quantitative estimate of drug-likeness (QED) is 0.580. The van der Waals surface area contributed by atoms with E-state index in [0.717, 1.165) is 0 Å². The van der Waals surface area contributed by atoms with Crippen LogP contribution in [-0.4, -0.2) is 18.7 Å². The van der Waals surface area contributed by atoms with Crippen LogP contribution in [0.4, 0.5) is 0 Å². The molecule has 0 amide bonds. The zero-order valence-electron chi connectivity index (χ0n) is 9.21. The van der Waals surface area contributed by atoms with Gasteiger partial charge in [0.05, 0.1) is 5.57 Å². The number of rotatable bonds is 2. The summed E-state index contributed by atoms with van der Waals surface area (Å²) in [4.78, 5) is 23.4. The molecule has 1 aromatic rings. The van der Waals surface area contributed by atoms with Gasteiger partial charge in [0.1, 0.15) is 11.8 Å². The first-order valence-electron chi connectivity index (χ1n) is 5.28. The lowest BCUT2D eigenvalue weighted by Gasteiger charge is -2.02. The SMILES string of the molecule is O=C1OC(=O)C(c2ccccc2)=C1C1=COCO1. The van der Waals surface area contributed by atoms with E-state index in [1.807, 2.05) is 6.07 Å². The first kappa shape index (κ1) is 10.6. The molecular formula is C13H8O5. The van der Waals surface area contributed by atoms with Gasteiger partial charge in [-0.3, -0.25) is 0 Å². The molecule has 0 fully saturated rings. The highest BCUT2D eigenvalue weighted by Crippen LogP contribution is 2.33. The van der Waals surface area contributed by atoms with Crippen LogP contribution in [0.3, 0.4) is 0 Å². The van der Waals surface area contributed by atoms with Gasteiger partial charge in [-0.25, -0.2) is 9.59 Å². The van der Waals surface area contributed by atoms with Crippen LogP contribution in [0.1, 0.15) is 5.56 Å². The second-order valence-electron chi connectivity index (χ2n) is 3.70. The van der Waals surface area contributed by atoms with Crippen LogP contribution in [0.25, 0.3) is 5.57 Å². The van der Waals surface area contributed by atoms with Crippen LogP contribution >= 0.6 is 0 Å². The van der Waals surface area contributed by atoms with Gasteiger partial charge >= 0.3 is 11.9 Å². The second kappa shape index (κ2) is 4.03. The van der Waals surface area contributed by atoms with Gasteiger partial charge in [-0.15, -0.1) is 0 Å². The van der Waals surface area contributed by atoms with E-state index in [2.05, 4.69) is 4.74 Å². The normalized spacial score (nSPS) is 18.3. The Kier molecular flexibility index (Phi) is 2.37. The topological polar surface area (TPSA) is 61.8 Å². The molecular weight excluding hydrogens is 236 g/mol. The van der Waals surface area contributed by atoms with E-state index in [-0.39, 0.29) is 23.7 Å². The molecule has 18 heavy (non-hydrogen) atoms. The van der Waals surface area contributed by atoms with E-state index in [0.29, 0.717) is 5.56 Å². The third kappa shape index (κ3) is 1.57. The molecule has 0 saturated heterocycles. The largest absolute Gasteiger partial charge is 0.461 e. The molecule has 0 atom stereocenters. The van der Waals surface area contributed by atoms with Gasteiger partial charge in [0.2, 0.25) is 6.79 Å². The minimum absolute atomic E-state index is 0.0301. The lowest BCUT2D eigenvalue weighted by atomic mass is 10.0. The Hall–Kier alpha value is -2.56. The van der Waals surface area contributed by atoms with Gasteiger partial charge in [-0.05, 0) is 5.56 Å². The minimum Gasteiger partial charge on any atom is -0.461 e. The number of benzene rings is 1. The molecule has 0 N–H and O–H groups in total. The van der Waals surface area contributed by atoms with Gasteiger partial charge in [0.15, 0.2) is 5.76 Å². The molecule has 5 nitrogen and oxygen atoms in total. The molecule has 1 aromatic carbocycles. The van der Waals surface area contributed by atoms with Crippen molar-refractivity contribution in [2.45, 2.75) is 0 Å². The molecule has 0 spiro atoms. The summed E-state index contributed by atoms with van der Waals surface area (Å²) in [6.07, 6.45) is 1.30. The van der Waals surface area contributed by atoms with E-state index >= 15 is 0 Å². The summed E-state index contributed by atoms with van der Waals surface area (Å²) < 4.78 is 14.7. The molecule has 5 heteroatoms. The molecule has 0 aliphatic carbocycles. The number of cyclic esters (lactones) is 2. The number of ether oxygens (including phenoxy) is 3. The Balaban J connectivity index is 2.17. The highest BCUT2D eigenvalue weighted by Gasteiger charge is 2.38. The molecule has 3 rings (SSSR count). The van der Waals surface area contributed by atoms with E-state index in [1.54, 1.807) is 24.3 Å². The number of carbonyl (C=O) groups is 2. The lowest BCUT2D eigenvalue weighted by Crippen LogP contribution is -2.03. The van der Waals surface area contributed by atoms with Crippen LogP contribution in [-0.2, 0) is 23.8 Å². The number of hydrogen-bond acceptors (Lipinski definition) is 5. The van der Waals surface area contributed by atoms with Gasteiger partial charge < -0.3 is 14.2 Å². The maximum absolute atomic E-state index is 11.7. The van der Waals surface area contributed by atoms with Crippen molar-refractivity contribution in [3.05, 3.63) is 53.5 Å². The number of hydrogen-bond donors (Lipinski definition) is 0. The summed E-state index contributed by atoms with van der Waals surface area (Å²) in [5.74, 6) is -1.15. The highest BCUT2D eigenvalue weighted by atomic mass is 16.7. The zero-order valence-corrected chi connectivity index (χ0v) is 9.21. The first-order valence-corrected chi connectivity index (χ1v) is 5.28. The van der Waals surface area contributed by atoms with Crippen LogP contribution in [0.5, 0.6) is 0 Å². The van der Waals surface area contributed by atoms with Crippen molar-refractivity contribution in [3.8, 4) is 0 Å². The predicted molar refractivity (Wildman–Crippen MR) is 59.6 cm³/mol. The van der Waals surface area contributed by atoms with Crippen LogP contribution < -0.4 is 0 Å². The van der Waals surface area contributed by atoms with Crippen molar-refractivity contribution in [1.82, 2.24) is 0 Å². The van der Waals surface area contributed by atoms with E-state index in [9.17, 15) is 9.59 Å². The number of carbonyl (C=O) groups excluding carboxylic acids is 2. The van der Waals surface area contributed by atoms with Gasteiger partial charge in [0.25, 0.3) is 0 Å². The molecule has 2 aliphatic heterocycles. The van der Waals surface area contributed by atoms with E-state index < -0.39 is 11.9 Å². The van der Waals surface area contributed by atoms with Crippen molar-refractivity contribution in [2.24, 2.45) is 0 Å². The fourth-order valence-corrected chi connectivity index (χ4v) is 1.85. The Morgan fingerprint density at radius 1 is 0.944 bits per heavy atom. The molecule has 0 bridgehead atoms. The van der Waals surface area contributed by atoms with Crippen LogP contribution in [0, 0.1) is 0 Å². The Morgan fingerprint density at radius 2 is 1.67 bits per heavy atom. The summed E-state index contributed by atoms with van der Waals surface area (Å²) in [6, 6.07) is 8.82. The fraction of sp³-hybridized carbons (Fsp3) is 0.0769. The maximum Gasteiger partial charge on any atom is 0.350 e. The zero-order chi connectivity index (χ0) is 12.5. The van der Waals surface area contributed by atoms with Gasteiger partial charge in [-0.2, -0.15) is 0 Å². The highest BCUT2D eigenvalue weighted by molar-refractivity contribution is 6.32. The van der Waals surface area contributed by atoms with Gasteiger partial charge in [0, 0.05) is 0 Å². The molecule has 0 aromatic heterocycles. The van der Waals surface area contributed by atoms with Crippen LogP contribution in [0.15, 0.2) is 47.9 Å². The van der Waals surface area contributed by atoms with Crippen molar-refractivity contribution < 1.29 is 23.8 Å². The van der Waals surface area contributed by atoms with Crippen molar-refractivity contribution in [3.63, 3.8) is 0 Å². The maximum atomic E-state index is 11.7. The average molecular weight is 244 g/mol. The van der Waals surface area contributed by atoms with Crippen molar-refractivity contribution in [2.75, 3.05) is 6.79 Å². The molecule has 0 unspecified atom stereocenters. The smallest absolute Gasteiger partial charge is 0.350 e. The predicted octanol–water partition coefficient (Wildman–Crippen LogP) is 1.37. The third-order valence-corrected chi connectivity index (χ3v) is 2.63. The standard InChI is InChI=1S/C13H8O5/c14-12-10(8-4-2-1-3-5-8)11(13(15)18-12)9-6-16-7-17-9/h1-6H,7H2. The second-order valence-corrected chi connectivity index (χ2v) is 3.70. The summed E-state index contributed by atoms with van der Waals surface area (Å²) in [5.41, 5.74) is 0.931. The third-order valence-electron chi connectivity index (χ3n) is 2.63. The fourth-order valence-electron chi connectivity index (χ4n) is 1.85. The molecule has 90 valence electrons.